The molecule has 2 heterocycles. The maximum Gasteiger partial charge on any atom is 0.166 e. The summed E-state index contributed by atoms with van der Waals surface area (Å²) in [7, 11) is 0.904. The molecule has 0 N–H and O–H groups in total. The molecule has 1 aromatic carbocycles. The quantitative estimate of drug-likeness (QED) is 0.361. The van der Waals surface area contributed by atoms with Gasteiger partial charge >= 0.3 is 0 Å². The Hall–Kier alpha value is -1.46. The average molecular weight is 504 g/mol. The van der Waals surface area contributed by atoms with Crippen LogP contribution in [0.3, 0.4) is 0 Å². The van der Waals surface area contributed by atoms with Crippen molar-refractivity contribution in [2.45, 2.75) is 6.73 Å². The molecule has 0 aliphatic carbocycles. The van der Waals surface area contributed by atoms with Crippen molar-refractivity contribution >= 4 is 43.7 Å². The number of hydrogen-bond donors (Lipinski definition) is 0. The molecule has 3 rings (SSSR count). The molecule has 0 bridgehead atoms. The van der Waals surface area contributed by atoms with E-state index in [4.69, 9.17) is 9.47 Å². The van der Waals surface area contributed by atoms with Crippen LogP contribution in [0.1, 0.15) is 0 Å². The summed E-state index contributed by atoms with van der Waals surface area (Å²) < 4.78 is 27.8. The Balaban J connectivity index is 1.89. The monoisotopic (exact) mass is 504 g/mol. The van der Waals surface area contributed by atoms with Gasteiger partial charge in [-0.3, -0.25) is 0 Å². The van der Waals surface area contributed by atoms with Crippen molar-refractivity contribution in [3.05, 3.63) is 33.9 Å². The van der Waals surface area contributed by atoms with Crippen LogP contribution < -0.4 is 4.74 Å². The zero-order valence-electron chi connectivity index (χ0n) is 15.7. The Bertz CT molecular complexity index is 958. The van der Waals surface area contributed by atoms with Crippen LogP contribution in [0.15, 0.2) is 24.4 Å². The fourth-order valence-electron chi connectivity index (χ4n) is 2.49. The third-order valence-electron chi connectivity index (χ3n) is 3.92. The van der Waals surface area contributed by atoms with Gasteiger partial charge in [-0.25, -0.2) is 29.1 Å². The Morgan fingerprint density at radius 3 is 2.74 bits per heavy atom. The minimum Gasteiger partial charge on any atom is -0.496 e. The van der Waals surface area contributed by atoms with Gasteiger partial charge in [-0.15, -0.1) is 0 Å². The molecule has 0 amide bonds. The molecule has 0 radical (unpaired) electrons. The van der Waals surface area contributed by atoms with Gasteiger partial charge in [0.05, 0.1) is 25.5 Å². The van der Waals surface area contributed by atoms with Crippen molar-refractivity contribution in [2.24, 2.45) is 0 Å². The minimum atomic E-state index is -0.591. The van der Waals surface area contributed by atoms with E-state index in [1.165, 1.54) is 13.2 Å². The molecular weight excluding hydrogens is 482 g/mol. The van der Waals surface area contributed by atoms with Gasteiger partial charge in [-0.05, 0) is 53.5 Å². The van der Waals surface area contributed by atoms with Crippen molar-refractivity contribution in [2.75, 3.05) is 38.2 Å². The smallest absolute Gasteiger partial charge is 0.166 e. The van der Waals surface area contributed by atoms with E-state index in [2.05, 4.69) is 56.4 Å². The third-order valence-corrected chi connectivity index (χ3v) is 6.04. The molecule has 0 spiro atoms. The van der Waals surface area contributed by atoms with E-state index in [9.17, 15) is 4.39 Å². The number of fused-ring (bicyclic) bond motifs is 1. The second-order valence-corrected chi connectivity index (χ2v) is 12.5. The van der Waals surface area contributed by atoms with Crippen LogP contribution in [0.25, 0.3) is 22.4 Å². The highest BCUT2D eigenvalue weighted by Gasteiger charge is 2.18. The lowest BCUT2D eigenvalue weighted by Crippen LogP contribution is -2.11. The zero-order valence-corrected chi connectivity index (χ0v) is 18.7. The van der Waals surface area contributed by atoms with E-state index in [1.54, 1.807) is 23.0 Å². The predicted octanol–water partition coefficient (Wildman–Crippen LogP) is 3.91. The molecule has 0 aliphatic rings. The predicted molar refractivity (Wildman–Crippen MR) is 116 cm³/mol. The summed E-state index contributed by atoms with van der Waals surface area (Å²) in [6.07, 6.45) is 8.43. The molecule has 146 valence electrons. The van der Waals surface area contributed by atoms with Crippen LogP contribution in [-0.4, -0.2) is 58.0 Å². The van der Waals surface area contributed by atoms with Crippen molar-refractivity contribution in [1.82, 2.24) is 19.7 Å². The molecular formula is C18H22FIN4O2S. The van der Waals surface area contributed by atoms with Crippen LogP contribution in [-0.2, 0) is 11.5 Å². The number of nitrogens with zero attached hydrogens (tertiary/aromatic N) is 4. The van der Waals surface area contributed by atoms with Crippen molar-refractivity contribution in [1.29, 1.82) is 0 Å². The van der Waals surface area contributed by atoms with Crippen molar-refractivity contribution in [3.8, 4) is 17.1 Å². The van der Waals surface area contributed by atoms with Gasteiger partial charge < -0.3 is 9.47 Å². The van der Waals surface area contributed by atoms with Gasteiger partial charge in [0.15, 0.2) is 5.82 Å². The first-order valence-electron chi connectivity index (χ1n) is 8.26. The lowest BCUT2D eigenvalue weighted by atomic mass is 10.1. The van der Waals surface area contributed by atoms with E-state index in [1.807, 2.05) is 0 Å². The number of rotatable bonds is 7. The topological polar surface area (TPSA) is 62.1 Å². The third kappa shape index (κ3) is 4.69. The largest absolute Gasteiger partial charge is 0.496 e. The van der Waals surface area contributed by atoms with Gasteiger partial charge in [0.25, 0.3) is 0 Å². The van der Waals surface area contributed by atoms with E-state index < -0.39 is 15.8 Å². The fourth-order valence-corrected chi connectivity index (χ4v) is 3.77. The van der Waals surface area contributed by atoms with Crippen LogP contribution in [0.5, 0.6) is 5.75 Å². The Morgan fingerprint density at radius 1 is 1.26 bits per heavy atom. The number of benzene rings is 1. The van der Waals surface area contributed by atoms with Crippen molar-refractivity contribution in [3.63, 3.8) is 0 Å². The zero-order chi connectivity index (χ0) is 19.6. The van der Waals surface area contributed by atoms with Crippen LogP contribution in [0.2, 0.25) is 0 Å². The lowest BCUT2D eigenvalue weighted by Gasteiger charge is -2.24. The Labute approximate surface area is 172 Å². The highest BCUT2D eigenvalue weighted by atomic mass is 127. The molecule has 0 atom stereocenters. The Morgan fingerprint density at radius 2 is 2.04 bits per heavy atom. The highest BCUT2D eigenvalue weighted by molar-refractivity contribution is 14.1. The van der Waals surface area contributed by atoms with Gasteiger partial charge in [0.2, 0.25) is 0 Å². The number of hydrogen-bond acceptors (Lipinski definition) is 5. The Kier molecular flexibility index (Phi) is 6.21. The summed E-state index contributed by atoms with van der Waals surface area (Å²) >= 11 is 2.12. The first-order valence-corrected chi connectivity index (χ1v) is 12.4. The summed E-state index contributed by atoms with van der Waals surface area (Å²) in [5.41, 5.74) is 1.66. The number of aromatic nitrogens is 4. The molecule has 3 aromatic rings. The molecule has 0 fully saturated rings. The summed E-state index contributed by atoms with van der Waals surface area (Å²) in [5, 5.41) is 4.48. The molecule has 0 unspecified atom stereocenters. The lowest BCUT2D eigenvalue weighted by molar-refractivity contribution is 0.0838. The van der Waals surface area contributed by atoms with E-state index in [-0.39, 0.29) is 11.4 Å². The maximum atomic E-state index is 14.3. The second-order valence-electron chi connectivity index (χ2n) is 6.87. The summed E-state index contributed by atoms with van der Waals surface area (Å²) in [6, 6.07) is 4.64. The first-order chi connectivity index (χ1) is 12.8. The van der Waals surface area contributed by atoms with Crippen LogP contribution in [0.4, 0.5) is 4.39 Å². The fraction of sp³-hybridized carbons (Fsp3) is 0.389. The van der Waals surface area contributed by atoms with Gasteiger partial charge in [-0.2, -0.15) is 5.10 Å². The molecule has 2 aromatic heterocycles. The minimum absolute atomic E-state index is 0.245. The molecule has 9 heteroatoms. The number of halogens is 2. The van der Waals surface area contributed by atoms with Crippen molar-refractivity contribution < 1.29 is 13.9 Å². The molecule has 0 aliphatic heterocycles. The standard InChI is InChI=1S/C18H22FIN4O2S/c1-25-14-7-5-6-12(19)15(14)18-21-10-13-16(22-18)17(20)23-24(13)11-26-8-9-27(2,3)4/h5-7,10H,8-9,11H2,1-4H3. The van der Waals surface area contributed by atoms with E-state index in [0.29, 0.717) is 28.3 Å². The summed E-state index contributed by atoms with van der Waals surface area (Å²) in [6.45, 7) is 1.02. The van der Waals surface area contributed by atoms with Gasteiger partial charge in [-0.1, -0.05) is 6.07 Å². The van der Waals surface area contributed by atoms with Gasteiger partial charge in [0, 0.05) is 5.75 Å². The molecule has 6 nitrogen and oxygen atoms in total. The van der Waals surface area contributed by atoms with E-state index in [0.717, 1.165) is 11.3 Å². The second kappa shape index (κ2) is 8.27. The average Bonchev–Trinajstić information content (AvgIpc) is 2.93. The van der Waals surface area contributed by atoms with E-state index >= 15 is 0 Å². The number of ether oxygens (including phenoxy) is 2. The summed E-state index contributed by atoms with van der Waals surface area (Å²) in [5.74, 6) is 1.28. The highest BCUT2D eigenvalue weighted by Crippen LogP contribution is 2.34. The van der Waals surface area contributed by atoms with Crippen LogP contribution in [0, 0.1) is 9.52 Å². The molecule has 27 heavy (non-hydrogen) atoms. The van der Waals surface area contributed by atoms with Gasteiger partial charge in [0.1, 0.15) is 33.0 Å². The van der Waals surface area contributed by atoms with Crippen LogP contribution >= 0.6 is 32.6 Å². The normalized spacial score (nSPS) is 12.5. The SMILES string of the molecule is COc1cccc(F)c1-c1ncc2c(n1)c(I)nn2COCCS(C)(C)C. The number of methoxy groups -OCH3 is 1. The molecule has 0 saturated heterocycles. The summed E-state index contributed by atoms with van der Waals surface area (Å²) in [4.78, 5) is 8.87. The molecule has 0 saturated carbocycles. The maximum absolute atomic E-state index is 14.3. The first kappa shape index (κ1) is 20.3.